The number of hydrogen-bond acceptors (Lipinski definition) is 3. The molecule has 0 saturated carbocycles. The first-order valence-electron chi connectivity index (χ1n) is 6.42. The summed E-state index contributed by atoms with van der Waals surface area (Å²) in [6, 6.07) is 9.91. The van der Waals surface area contributed by atoms with Crippen LogP contribution in [0.25, 0.3) is 0 Å². The molecule has 2 nitrogen and oxygen atoms in total. The molecule has 0 radical (unpaired) electrons. The number of ketones is 1. The molecule has 2 aromatic rings. The molecular formula is C16H18O2S. The van der Waals surface area contributed by atoms with Gasteiger partial charge in [-0.05, 0) is 49.6 Å². The minimum absolute atomic E-state index is 0.0469. The van der Waals surface area contributed by atoms with E-state index < -0.39 is 0 Å². The predicted molar refractivity (Wildman–Crippen MR) is 79.4 cm³/mol. The van der Waals surface area contributed by atoms with Crippen molar-refractivity contribution in [2.75, 3.05) is 6.61 Å². The third-order valence-corrected chi connectivity index (χ3v) is 4.26. The summed E-state index contributed by atoms with van der Waals surface area (Å²) < 4.78 is 5.63. The average molecular weight is 274 g/mol. The average Bonchev–Trinajstić information content (AvgIpc) is 2.88. The van der Waals surface area contributed by atoms with Crippen molar-refractivity contribution in [3.63, 3.8) is 0 Å². The van der Waals surface area contributed by atoms with E-state index >= 15 is 0 Å². The Morgan fingerprint density at radius 3 is 2.68 bits per heavy atom. The molecule has 100 valence electrons. The van der Waals surface area contributed by atoms with E-state index in [1.807, 2.05) is 44.2 Å². The zero-order valence-corrected chi connectivity index (χ0v) is 12.3. The van der Waals surface area contributed by atoms with Gasteiger partial charge < -0.3 is 4.74 Å². The van der Waals surface area contributed by atoms with Crippen molar-refractivity contribution in [1.82, 2.24) is 0 Å². The van der Waals surface area contributed by atoms with Crippen LogP contribution in [-0.2, 0) is 6.42 Å². The van der Waals surface area contributed by atoms with E-state index in [0.717, 1.165) is 28.2 Å². The van der Waals surface area contributed by atoms with Crippen LogP contribution in [0.1, 0.15) is 32.6 Å². The molecule has 0 atom stereocenters. The fourth-order valence-corrected chi connectivity index (χ4v) is 2.67. The Labute approximate surface area is 118 Å². The minimum atomic E-state index is 0.0469. The van der Waals surface area contributed by atoms with Crippen molar-refractivity contribution in [2.45, 2.75) is 27.2 Å². The second-order valence-electron chi connectivity index (χ2n) is 4.60. The summed E-state index contributed by atoms with van der Waals surface area (Å²) in [5, 5.41) is 0. The van der Waals surface area contributed by atoms with E-state index in [4.69, 9.17) is 4.74 Å². The number of rotatable bonds is 5. The number of thiophene rings is 1. The van der Waals surface area contributed by atoms with Crippen LogP contribution in [0.5, 0.6) is 5.75 Å². The third-order valence-electron chi connectivity index (χ3n) is 2.99. The second-order valence-corrected chi connectivity index (χ2v) is 5.77. The summed E-state index contributed by atoms with van der Waals surface area (Å²) in [7, 11) is 0. The van der Waals surface area contributed by atoms with Gasteiger partial charge in [0.15, 0.2) is 6.61 Å². The molecular weight excluding hydrogens is 256 g/mol. The van der Waals surface area contributed by atoms with Gasteiger partial charge in [-0.1, -0.05) is 19.1 Å². The van der Waals surface area contributed by atoms with E-state index in [1.54, 1.807) is 11.3 Å². The van der Waals surface area contributed by atoms with E-state index in [-0.39, 0.29) is 12.4 Å². The molecule has 0 bridgehead atoms. The first-order chi connectivity index (χ1) is 9.10. The van der Waals surface area contributed by atoms with Gasteiger partial charge in [-0.2, -0.15) is 0 Å². The molecule has 0 saturated heterocycles. The van der Waals surface area contributed by atoms with E-state index in [1.165, 1.54) is 4.88 Å². The molecule has 1 aromatic heterocycles. The standard InChI is InChI=1S/C16H18O2S/c1-4-13-7-8-16(19-13)14(17)10-18-15-9-11(2)5-6-12(15)3/h5-9H,4,10H2,1-3H3. The molecule has 2 rings (SSSR count). The van der Waals surface area contributed by atoms with Crippen molar-refractivity contribution in [3.05, 3.63) is 51.2 Å². The molecule has 0 aliphatic carbocycles. The van der Waals surface area contributed by atoms with Crippen LogP contribution in [0.15, 0.2) is 30.3 Å². The first kappa shape index (κ1) is 13.8. The molecule has 19 heavy (non-hydrogen) atoms. The molecule has 0 aliphatic rings. The maximum absolute atomic E-state index is 12.0. The van der Waals surface area contributed by atoms with Gasteiger partial charge in [0.25, 0.3) is 0 Å². The summed E-state index contributed by atoms with van der Waals surface area (Å²) in [4.78, 5) is 14.0. The SMILES string of the molecule is CCc1ccc(C(=O)COc2cc(C)ccc2C)s1. The summed E-state index contributed by atoms with van der Waals surface area (Å²) >= 11 is 1.55. The zero-order valence-electron chi connectivity index (χ0n) is 11.5. The van der Waals surface area contributed by atoms with Crippen LogP contribution in [-0.4, -0.2) is 12.4 Å². The molecule has 0 amide bonds. The lowest BCUT2D eigenvalue weighted by molar-refractivity contribution is 0.0925. The maximum atomic E-state index is 12.0. The molecule has 3 heteroatoms. The fourth-order valence-electron chi connectivity index (χ4n) is 1.80. The summed E-state index contributed by atoms with van der Waals surface area (Å²) in [6.07, 6.45) is 0.968. The smallest absolute Gasteiger partial charge is 0.210 e. The highest BCUT2D eigenvalue weighted by molar-refractivity contribution is 7.14. The van der Waals surface area contributed by atoms with Gasteiger partial charge in [0.2, 0.25) is 5.78 Å². The highest BCUT2D eigenvalue weighted by Crippen LogP contribution is 2.21. The van der Waals surface area contributed by atoms with Gasteiger partial charge >= 0.3 is 0 Å². The van der Waals surface area contributed by atoms with Crippen LogP contribution >= 0.6 is 11.3 Å². The van der Waals surface area contributed by atoms with Crippen molar-refractivity contribution < 1.29 is 9.53 Å². The highest BCUT2D eigenvalue weighted by Gasteiger charge is 2.10. The Kier molecular flexibility index (Phi) is 4.38. The molecule has 1 heterocycles. The summed E-state index contributed by atoms with van der Waals surface area (Å²) in [6.45, 7) is 6.20. The Morgan fingerprint density at radius 2 is 2.00 bits per heavy atom. The summed E-state index contributed by atoms with van der Waals surface area (Å²) in [5.74, 6) is 0.839. The van der Waals surface area contributed by atoms with Gasteiger partial charge in [-0.3, -0.25) is 4.79 Å². The van der Waals surface area contributed by atoms with Crippen LogP contribution in [0.2, 0.25) is 0 Å². The predicted octanol–water partition coefficient (Wildman–Crippen LogP) is 4.19. The molecule has 0 spiro atoms. The molecule has 1 aromatic carbocycles. The molecule has 0 aliphatic heterocycles. The minimum Gasteiger partial charge on any atom is -0.485 e. The molecule has 0 fully saturated rings. The lowest BCUT2D eigenvalue weighted by Gasteiger charge is -2.08. The Bertz CT molecular complexity index is 584. The van der Waals surface area contributed by atoms with E-state index in [2.05, 4.69) is 6.92 Å². The van der Waals surface area contributed by atoms with Crippen LogP contribution < -0.4 is 4.74 Å². The summed E-state index contributed by atoms with van der Waals surface area (Å²) in [5.41, 5.74) is 2.19. The van der Waals surface area contributed by atoms with Crippen LogP contribution in [0.4, 0.5) is 0 Å². The lowest BCUT2D eigenvalue weighted by atomic mass is 10.1. The Morgan fingerprint density at radius 1 is 1.21 bits per heavy atom. The molecule has 0 N–H and O–H groups in total. The van der Waals surface area contributed by atoms with Crippen molar-refractivity contribution >= 4 is 17.1 Å². The van der Waals surface area contributed by atoms with Crippen molar-refractivity contribution in [2.24, 2.45) is 0 Å². The lowest BCUT2D eigenvalue weighted by Crippen LogP contribution is -2.10. The van der Waals surface area contributed by atoms with Gasteiger partial charge in [-0.15, -0.1) is 11.3 Å². The Hall–Kier alpha value is -1.61. The largest absolute Gasteiger partial charge is 0.485 e. The van der Waals surface area contributed by atoms with E-state index in [0.29, 0.717) is 0 Å². The quantitative estimate of drug-likeness (QED) is 0.764. The maximum Gasteiger partial charge on any atom is 0.210 e. The number of Topliss-reactive ketones (excluding diaryl/α,β-unsaturated/α-hetero) is 1. The number of benzene rings is 1. The van der Waals surface area contributed by atoms with Gasteiger partial charge in [0, 0.05) is 4.88 Å². The number of carbonyl (C=O) groups is 1. The van der Waals surface area contributed by atoms with Crippen molar-refractivity contribution in [3.8, 4) is 5.75 Å². The van der Waals surface area contributed by atoms with Crippen molar-refractivity contribution in [1.29, 1.82) is 0 Å². The monoisotopic (exact) mass is 274 g/mol. The van der Waals surface area contributed by atoms with Gasteiger partial charge in [0.05, 0.1) is 4.88 Å². The Balaban J connectivity index is 2.02. The topological polar surface area (TPSA) is 26.3 Å². The molecule has 0 unspecified atom stereocenters. The van der Waals surface area contributed by atoms with Gasteiger partial charge in [0.1, 0.15) is 5.75 Å². The van der Waals surface area contributed by atoms with E-state index in [9.17, 15) is 4.79 Å². The first-order valence-corrected chi connectivity index (χ1v) is 7.23. The number of ether oxygens (including phenoxy) is 1. The second kappa shape index (κ2) is 6.02. The van der Waals surface area contributed by atoms with Crippen LogP contribution in [0, 0.1) is 13.8 Å². The third kappa shape index (κ3) is 3.44. The zero-order chi connectivity index (χ0) is 13.8. The number of carbonyl (C=O) groups excluding carboxylic acids is 1. The normalized spacial score (nSPS) is 10.5. The number of hydrogen-bond donors (Lipinski definition) is 0. The fraction of sp³-hybridized carbons (Fsp3) is 0.312. The highest BCUT2D eigenvalue weighted by atomic mass is 32.1. The number of aryl methyl sites for hydroxylation is 3. The van der Waals surface area contributed by atoms with Gasteiger partial charge in [-0.25, -0.2) is 0 Å². The van der Waals surface area contributed by atoms with Crippen LogP contribution in [0.3, 0.4) is 0 Å².